The number of aromatic nitrogens is 2. The quantitative estimate of drug-likeness (QED) is 0.772. The molecule has 4 rings (SSSR count). The van der Waals surface area contributed by atoms with Crippen LogP contribution in [0.25, 0.3) is 0 Å². The van der Waals surface area contributed by atoms with Gasteiger partial charge in [0.15, 0.2) is 5.82 Å². The van der Waals surface area contributed by atoms with Gasteiger partial charge in [0.2, 0.25) is 6.39 Å². The van der Waals surface area contributed by atoms with Crippen LogP contribution < -0.4 is 5.32 Å². The van der Waals surface area contributed by atoms with Gasteiger partial charge in [-0.1, -0.05) is 5.16 Å². The predicted molar refractivity (Wildman–Crippen MR) is 54.1 cm³/mol. The summed E-state index contributed by atoms with van der Waals surface area (Å²) in [4.78, 5) is 6.54. The molecule has 5 heteroatoms. The summed E-state index contributed by atoms with van der Waals surface area (Å²) in [6.45, 7) is 4.48. The molecular weight excluding hydrogens is 192 g/mol. The molecule has 0 radical (unpaired) electrons. The molecule has 0 amide bonds. The van der Waals surface area contributed by atoms with Gasteiger partial charge in [0.05, 0.1) is 6.54 Å². The molecule has 2 bridgehead atoms. The standard InChI is InChI=1S/C10H16N4O/c1-3-14-4-2-8(1)9(6-14)11-5-10-12-7-15-13-10/h7-9,11H,1-6H2. The second-order valence-corrected chi connectivity index (χ2v) is 4.47. The van der Waals surface area contributed by atoms with E-state index in [1.165, 1.54) is 38.9 Å². The second-order valence-electron chi connectivity index (χ2n) is 4.47. The molecule has 3 aliphatic rings. The molecule has 1 N–H and O–H groups in total. The van der Waals surface area contributed by atoms with E-state index in [4.69, 9.17) is 4.52 Å². The Bertz CT molecular complexity index is 305. The zero-order chi connectivity index (χ0) is 10.1. The molecule has 3 aliphatic heterocycles. The Morgan fingerprint density at radius 3 is 2.93 bits per heavy atom. The molecule has 15 heavy (non-hydrogen) atoms. The van der Waals surface area contributed by atoms with Crippen LogP contribution in [0, 0.1) is 5.92 Å². The summed E-state index contributed by atoms with van der Waals surface area (Å²) < 4.78 is 4.70. The number of hydrogen-bond acceptors (Lipinski definition) is 5. The molecule has 0 spiro atoms. The average Bonchev–Trinajstić information content (AvgIpc) is 2.81. The molecule has 1 aromatic heterocycles. The highest BCUT2D eigenvalue weighted by Gasteiger charge is 2.33. The fourth-order valence-electron chi connectivity index (χ4n) is 2.69. The first-order valence-corrected chi connectivity index (χ1v) is 5.63. The highest BCUT2D eigenvalue weighted by Crippen LogP contribution is 2.27. The third-order valence-corrected chi connectivity index (χ3v) is 3.59. The highest BCUT2D eigenvalue weighted by molar-refractivity contribution is 4.92. The van der Waals surface area contributed by atoms with Crippen molar-refractivity contribution in [3.8, 4) is 0 Å². The summed E-state index contributed by atoms with van der Waals surface area (Å²) in [6.07, 6.45) is 4.06. The number of piperidine rings is 3. The van der Waals surface area contributed by atoms with Crippen LogP contribution in [0.4, 0.5) is 0 Å². The number of nitrogens with one attached hydrogen (secondary N) is 1. The lowest BCUT2D eigenvalue weighted by Crippen LogP contribution is -2.55. The van der Waals surface area contributed by atoms with E-state index < -0.39 is 0 Å². The van der Waals surface area contributed by atoms with Gasteiger partial charge in [-0.25, -0.2) is 0 Å². The lowest BCUT2D eigenvalue weighted by molar-refractivity contribution is 0.0716. The minimum Gasteiger partial charge on any atom is -0.343 e. The smallest absolute Gasteiger partial charge is 0.213 e. The molecule has 0 aromatic carbocycles. The minimum atomic E-state index is 0.617. The van der Waals surface area contributed by atoms with Crippen LogP contribution in [0.1, 0.15) is 18.7 Å². The Kier molecular flexibility index (Phi) is 2.42. The Hall–Kier alpha value is -0.940. The zero-order valence-electron chi connectivity index (χ0n) is 8.72. The lowest BCUT2D eigenvalue weighted by atomic mass is 9.84. The molecule has 1 unspecified atom stereocenters. The van der Waals surface area contributed by atoms with E-state index >= 15 is 0 Å². The fourth-order valence-corrected chi connectivity index (χ4v) is 2.69. The van der Waals surface area contributed by atoms with Gasteiger partial charge in [-0.05, 0) is 31.8 Å². The van der Waals surface area contributed by atoms with Crippen LogP contribution in [-0.2, 0) is 6.54 Å². The van der Waals surface area contributed by atoms with E-state index in [2.05, 4.69) is 20.4 Å². The normalized spacial score (nSPS) is 34.5. The van der Waals surface area contributed by atoms with Crippen LogP contribution in [0.15, 0.2) is 10.9 Å². The monoisotopic (exact) mass is 208 g/mol. The summed E-state index contributed by atoms with van der Waals surface area (Å²) in [5, 5.41) is 7.33. The van der Waals surface area contributed by atoms with Crippen molar-refractivity contribution in [3.05, 3.63) is 12.2 Å². The Morgan fingerprint density at radius 1 is 1.47 bits per heavy atom. The number of rotatable bonds is 3. The maximum absolute atomic E-state index is 4.70. The predicted octanol–water partition coefficient (Wildman–Crippen LogP) is 0.253. The molecule has 5 nitrogen and oxygen atoms in total. The van der Waals surface area contributed by atoms with Gasteiger partial charge in [-0.2, -0.15) is 4.98 Å². The SMILES string of the molecule is c1nc(CNC2CN3CCC2CC3)no1. The molecule has 1 aromatic rings. The topological polar surface area (TPSA) is 54.2 Å². The van der Waals surface area contributed by atoms with Crippen molar-refractivity contribution in [1.82, 2.24) is 20.4 Å². The van der Waals surface area contributed by atoms with Crippen LogP contribution in [0.2, 0.25) is 0 Å². The van der Waals surface area contributed by atoms with E-state index in [-0.39, 0.29) is 0 Å². The Morgan fingerprint density at radius 2 is 2.33 bits per heavy atom. The highest BCUT2D eigenvalue weighted by atomic mass is 16.5. The first-order valence-electron chi connectivity index (χ1n) is 5.63. The van der Waals surface area contributed by atoms with Crippen molar-refractivity contribution in [2.75, 3.05) is 19.6 Å². The van der Waals surface area contributed by atoms with E-state index in [0.29, 0.717) is 6.04 Å². The number of nitrogens with zero attached hydrogens (tertiary/aromatic N) is 3. The average molecular weight is 208 g/mol. The maximum atomic E-state index is 4.70. The molecule has 82 valence electrons. The zero-order valence-corrected chi connectivity index (χ0v) is 8.72. The first kappa shape index (κ1) is 9.30. The van der Waals surface area contributed by atoms with E-state index in [1.807, 2.05) is 0 Å². The van der Waals surface area contributed by atoms with Gasteiger partial charge in [0, 0.05) is 12.6 Å². The minimum absolute atomic E-state index is 0.617. The molecule has 1 atom stereocenters. The van der Waals surface area contributed by atoms with E-state index in [9.17, 15) is 0 Å². The number of fused-ring (bicyclic) bond motifs is 3. The van der Waals surface area contributed by atoms with Gasteiger partial charge in [-0.3, -0.25) is 0 Å². The summed E-state index contributed by atoms with van der Waals surface area (Å²) >= 11 is 0. The van der Waals surface area contributed by atoms with Crippen molar-refractivity contribution in [2.24, 2.45) is 5.92 Å². The molecule has 4 heterocycles. The second kappa shape index (κ2) is 3.90. The maximum Gasteiger partial charge on any atom is 0.213 e. The van der Waals surface area contributed by atoms with Crippen LogP contribution in [-0.4, -0.2) is 40.7 Å². The van der Waals surface area contributed by atoms with Gasteiger partial charge in [0.1, 0.15) is 0 Å². The fraction of sp³-hybridized carbons (Fsp3) is 0.800. The number of hydrogen-bond donors (Lipinski definition) is 1. The molecule has 0 aliphatic carbocycles. The van der Waals surface area contributed by atoms with Gasteiger partial charge < -0.3 is 14.7 Å². The van der Waals surface area contributed by atoms with E-state index in [0.717, 1.165) is 18.3 Å². The van der Waals surface area contributed by atoms with Crippen LogP contribution in [0.5, 0.6) is 0 Å². The lowest BCUT2D eigenvalue weighted by Gasteiger charge is -2.45. The third kappa shape index (κ3) is 1.89. The summed E-state index contributed by atoms with van der Waals surface area (Å²) in [5.41, 5.74) is 0. The van der Waals surface area contributed by atoms with Crippen LogP contribution in [0.3, 0.4) is 0 Å². The Balaban J connectivity index is 1.55. The summed E-state index contributed by atoms with van der Waals surface area (Å²) in [6, 6.07) is 0.617. The van der Waals surface area contributed by atoms with Gasteiger partial charge in [0.25, 0.3) is 0 Å². The first-order chi connectivity index (χ1) is 7.42. The Labute approximate surface area is 88.8 Å². The molecule has 3 fully saturated rings. The van der Waals surface area contributed by atoms with Crippen molar-refractivity contribution < 1.29 is 4.52 Å². The third-order valence-electron chi connectivity index (χ3n) is 3.59. The molecule has 0 saturated carbocycles. The summed E-state index contributed by atoms with van der Waals surface area (Å²) in [7, 11) is 0. The van der Waals surface area contributed by atoms with E-state index in [1.54, 1.807) is 0 Å². The van der Waals surface area contributed by atoms with Crippen molar-refractivity contribution in [3.63, 3.8) is 0 Å². The molecule has 3 saturated heterocycles. The molecular formula is C10H16N4O. The van der Waals surface area contributed by atoms with Crippen molar-refractivity contribution >= 4 is 0 Å². The van der Waals surface area contributed by atoms with Crippen molar-refractivity contribution in [2.45, 2.75) is 25.4 Å². The van der Waals surface area contributed by atoms with Crippen LogP contribution >= 0.6 is 0 Å². The summed E-state index contributed by atoms with van der Waals surface area (Å²) in [5.74, 6) is 1.60. The van der Waals surface area contributed by atoms with Gasteiger partial charge >= 0.3 is 0 Å². The van der Waals surface area contributed by atoms with Crippen molar-refractivity contribution in [1.29, 1.82) is 0 Å². The van der Waals surface area contributed by atoms with Gasteiger partial charge in [-0.15, -0.1) is 0 Å². The largest absolute Gasteiger partial charge is 0.343 e.